The van der Waals surface area contributed by atoms with Crippen molar-refractivity contribution in [3.63, 3.8) is 0 Å². The van der Waals surface area contributed by atoms with Gasteiger partial charge in [0, 0.05) is 37.3 Å². The summed E-state index contributed by atoms with van der Waals surface area (Å²) in [5, 5.41) is 13.9. The van der Waals surface area contributed by atoms with Crippen LogP contribution in [0.25, 0.3) is 11.4 Å². The molecule has 138 valence electrons. The minimum absolute atomic E-state index is 0.0364. The van der Waals surface area contributed by atoms with Gasteiger partial charge in [-0.15, -0.1) is 10.2 Å². The lowest BCUT2D eigenvalue weighted by Gasteiger charge is -2.36. The van der Waals surface area contributed by atoms with Crippen molar-refractivity contribution in [1.29, 1.82) is 0 Å². The van der Waals surface area contributed by atoms with E-state index in [1.54, 1.807) is 19.2 Å². The van der Waals surface area contributed by atoms with Gasteiger partial charge in [-0.2, -0.15) is 5.21 Å². The summed E-state index contributed by atoms with van der Waals surface area (Å²) >= 11 is 0. The van der Waals surface area contributed by atoms with Gasteiger partial charge < -0.3 is 14.5 Å². The number of tetrazole rings is 1. The molecule has 1 aliphatic rings. The normalized spacial score (nSPS) is 14.3. The molecule has 1 fully saturated rings. The van der Waals surface area contributed by atoms with Gasteiger partial charge in [0.15, 0.2) is 0 Å². The molecule has 1 amide bonds. The molecule has 1 aromatic heterocycles. The Morgan fingerprint density at radius 2 is 1.78 bits per heavy atom. The lowest BCUT2D eigenvalue weighted by atomic mass is 10.1. The molecule has 8 heteroatoms. The van der Waals surface area contributed by atoms with Crippen molar-refractivity contribution in [1.82, 2.24) is 25.5 Å². The zero-order chi connectivity index (χ0) is 18.6. The minimum atomic E-state index is 0.0364. The van der Waals surface area contributed by atoms with Crippen molar-refractivity contribution < 1.29 is 9.53 Å². The maximum atomic E-state index is 12.8. The number of rotatable bonds is 4. The highest BCUT2D eigenvalue weighted by molar-refractivity contribution is 5.94. The molecule has 2 aromatic carbocycles. The number of H-pyrrole nitrogens is 1. The van der Waals surface area contributed by atoms with Gasteiger partial charge in [0.25, 0.3) is 5.91 Å². The number of ether oxygens (including phenoxy) is 1. The van der Waals surface area contributed by atoms with Gasteiger partial charge in [-0.25, -0.2) is 0 Å². The predicted octanol–water partition coefficient (Wildman–Crippen LogP) is 1.84. The van der Waals surface area contributed by atoms with E-state index in [-0.39, 0.29) is 5.91 Å². The van der Waals surface area contributed by atoms with E-state index in [4.69, 9.17) is 4.74 Å². The van der Waals surface area contributed by atoms with Crippen molar-refractivity contribution in [2.24, 2.45) is 0 Å². The number of amides is 1. The van der Waals surface area contributed by atoms with Crippen LogP contribution >= 0.6 is 0 Å². The third-order valence-corrected chi connectivity index (χ3v) is 4.73. The summed E-state index contributed by atoms with van der Waals surface area (Å²) in [6.07, 6.45) is 0. The Kier molecular flexibility index (Phi) is 4.69. The number of hydrogen-bond acceptors (Lipinski definition) is 6. The molecule has 8 nitrogen and oxygen atoms in total. The molecule has 0 radical (unpaired) electrons. The summed E-state index contributed by atoms with van der Waals surface area (Å²) < 4.78 is 5.44. The summed E-state index contributed by atoms with van der Waals surface area (Å²) in [4.78, 5) is 16.9. The molecule has 3 aromatic rings. The van der Waals surface area contributed by atoms with Crippen LogP contribution < -0.4 is 9.64 Å². The summed E-state index contributed by atoms with van der Waals surface area (Å²) in [6.45, 7) is 2.88. The SMILES string of the molecule is COc1ccccc1N1CCN(C(=O)c2ccc(-c3nn[nH]n3)cc2)CC1. The second-order valence-electron chi connectivity index (χ2n) is 6.26. The molecule has 0 bridgehead atoms. The van der Waals surface area contributed by atoms with E-state index in [2.05, 4.69) is 25.5 Å². The van der Waals surface area contributed by atoms with E-state index in [1.165, 1.54) is 0 Å². The number of aromatic nitrogens is 4. The average Bonchev–Trinajstić information content (AvgIpc) is 3.28. The first-order valence-electron chi connectivity index (χ1n) is 8.77. The van der Waals surface area contributed by atoms with Gasteiger partial charge in [-0.05, 0) is 29.5 Å². The fraction of sp³-hybridized carbons (Fsp3) is 0.263. The highest BCUT2D eigenvalue weighted by Crippen LogP contribution is 2.28. The zero-order valence-corrected chi connectivity index (χ0v) is 15.0. The number of anilines is 1. The fourth-order valence-corrected chi connectivity index (χ4v) is 3.27. The number of piperazine rings is 1. The monoisotopic (exact) mass is 364 g/mol. The van der Waals surface area contributed by atoms with Crippen LogP contribution in [0.1, 0.15) is 10.4 Å². The number of benzene rings is 2. The maximum absolute atomic E-state index is 12.8. The molecule has 2 heterocycles. The Bertz CT molecular complexity index is 902. The van der Waals surface area contributed by atoms with E-state index in [1.807, 2.05) is 41.3 Å². The van der Waals surface area contributed by atoms with Crippen LogP contribution in [0.4, 0.5) is 5.69 Å². The van der Waals surface area contributed by atoms with Crippen LogP contribution in [0.2, 0.25) is 0 Å². The van der Waals surface area contributed by atoms with Crippen molar-refractivity contribution in [3.8, 4) is 17.1 Å². The summed E-state index contributed by atoms with van der Waals surface area (Å²) in [5.74, 6) is 1.41. The van der Waals surface area contributed by atoms with Crippen LogP contribution in [0.5, 0.6) is 5.75 Å². The number of para-hydroxylation sites is 2. The first-order valence-corrected chi connectivity index (χ1v) is 8.77. The zero-order valence-electron chi connectivity index (χ0n) is 15.0. The van der Waals surface area contributed by atoms with E-state index in [0.717, 1.165) is 30.1 Å². The number of nitrogens with zero attached hydrogens (tertiary/aromatic N) is 5. The van der Waals surface area contributed by atoms with Gasteiger partial charge >= 0.3 is 0 Å². The van der Waals surface area contributed by atoms with Crippen molar-refractivity contribution in [2.45, 2.75) is 0 Å². The van der Waals surface area contributed by atoms with Gasteiger partial charge in [0.1, 0.15) is 5.75 Å². The second kappa shape index (κ2) is 7.45. The Hall–Kier alpha value is -3.42. The molecule has 1 aliphatic heterocycles. The third-order valence-electron chi connectivity index (χ3n) is 4.73. The van der Waals surface area contributed by atoms with Crippen LogP contribution in [0, 0.1) is 0 Å². The van der Waals surface area contributed by atoms with Gasteiger partial charge in [-0.3, -0.25) is 4.79 Å². The molecule has 0 spiro atoms. The number of carbonyl (C=O) groups excluding carboxylic acids is 1. The number of carbonyl (C=O) groups is 1. The van der Waals surface area contributed by atoms with Crippen molar-refractivity contribution in [3.05, 3.63) is 54.1 Å². The maximum Gasteiger partial charge on any atom is 0.253 e. The molecular weight excluding hydrogens is 344 g/mol. The molecule has 0 aliphatic carbocycles. The smallest absolute Gasteiger partial charge is 0.253 e. The highest BCUT2D eigenvalue weighted by Gasteiger charge is 2.23. The van der Waals surface area contributed by atoms with Crippen LogP contribution in [-0.4, -0.2) is 64.7 Å². The van der Waals surface area contributed by atoms with E-state index < -0.39 is 0 Å². The fourth-order valence-electron chi connectivity index (χ4n) is 3.27. The summed E-state index contributed by atoms with van der Waals surface area (Å²) in [5.41, 5.74) is 2.55. The molecule has 0 atom stereocenters. The third kappa shape index (κ3) is 3.46. The number of aromatic amines is 1. The number of nitrogens with one attached hydrogen (secondary N) is 1. The Morgan fingerprint density at radius 1 is 1.04 bits per heavy atom. The van der Waals surface area contributed by atoms with E-state index in [0.29, 0.717) is 24.5 Å². The molecule has 4 rings (SSSR count). The lowest BCUT2D eigenvalue weighted by molar-refractivity contribution is 0.0746. The lowest BCUT2D eigenvalue weighted by Crippen LogP contribution is -2.48. The van der Waals surface area contributed by atoms with Crippen LogP contribution in [-0.2, 0) is 0 Å². The van der Waals surface area contributed by atoms with Crippen molar-refractivity contribution in [2.75, 3.05) is 38.2 Å². The first kappa shape index (κ1) is 17.0. The summed E-state index contributed by atoms with van der Waals surface area (Å²) in [7, 11) is 1.68. The molecule has 1 saturated heterocycles. The molecular formula is C19H20N6O2. The van der Waals surface area contributed by atoms with E-state index >= 15 is 0 Å². The van der Waals surface area contributed by atoms with Crippen molar-refractivity contribution >= 4 is 11.6 Å². The highest BCUT2D eigenvalue weighted by atomic mass is 16.5. The molecule has 0 unspecified atom stereocenters. The standard InChI is InChI=1S/C19H20N6O2/c1-27-17-5-3-2-4-16(17)24-10-12-25(13-11-24)19(26)15-8-6-14(7-9-15)18-20-22-23-21-18/h2-9H,10-13H2,1H3,(H,20,21,22,23). The number of methoxy groups -OCH3 is 1. The van der Waals surface area contributed by atoms with Crippen LogP contribution in [0.15, 0.2) is 48.5 Å². The van der Waals surface area contributed by atoms with Crippen LogP contribution in [0.3, 0.4) is 0 Å². The Morgan fingerprint density at radius 3 is 2.44 bits per heavy atom. The first-order chi connectivity index (χ1) is 13.3. The molecule has 1 N–H and O–H groups in total. The second-order valence-corrected chi connectivity index (χ2v) is 6.26. The predicted molar refractivity (Wildman–Crippen MR) is 101 cm³/mol. The average molecular weight is 364 g/mol. The van der Waals surface area contributed by atoms with E-state index in [9.17, 15) is 4.79 Å². The largest absolute Gasteiger partial charge is 0.495 e. The summed E-state index contributed by atoms with van der Waals surface area (Å²) in [6, 6.07) is 15.2. The molecule has 27 heavy (non-hydrogen) atoms. The van der Waals surface area contributed by atoms with Gasteiger partial charge in [0.05, 0.1) is 12.8 Å². The topological polar surface area (TPSA) is 87.2 Å². The Balaban J connectivity index is 1.41. The minimum Gasteiger partial charge on any atom is -0.495 e. The Labute approximate surface area is 156 Å². The van der Waals surface area contributed by atoms with Gasteiger partial charge in [-0.1, -0.05) is 24.3 Å². The van der Waals surface area contributed by atoms with Gasteiger partial charge in [0.2, 0.25) is 5.82 Å². The molecule has 0 saturated carbocycles. The number of hydrogen-bond donors (Lipinski definition) is 1. The quantitative estimate of drug-likeness (QED) is 0.760.